The van der Waals surface area contributed by atoms with Gasteiger partial charge in [0.2, 0.25) is 0 Å². The third-order valence-corrected chi connectivity index (χ3v) is 2.67. The highest BCUT2D eigenvalue weighted by atomic mass is 32.2. The van der Waals surface area contributed by atoms with Gasteiger partial charge in [-0.25, -0.2) is 14.6 Å². The summed E-state index contributed by atoms with van der Waals surface area (Å²) < 4.78 is 1.59. The van der Waals surface area contributed by atoms with Crippen molar-refractivity contribution >= 4 is 11.8 Å². The topological polar surface area (TPSA) is 67.4 Å². The number of nitriles is 1. The van der Waals surface area contributed by atoms with Gasteiger partial charge in [-0.2, -0.15) is 10.4 Å². The van der Waals surface area contributed by atoms with Crippen molar-refractivity contribution < 1.29 is 0 Å². The van der Waals surface area contributed by atoms with Crippen LogP contribution < -0.4 is 0 Å². The number of rotatable bonds is 2. The van der Waals surface area contributed by atoms with Gasteiger partial charge < -0.3 is 0 Å². The summed E-state index contributed by atoms with van der Waals surface area (Å²) in [5.41, 5.74) is 1.53. The molecule has 6 heteroatoms. The number of nitrogens with zero attached hydrogens (tertiary/aromatic N) is 5. The lowest BCUT2D eigenvalue weighted by molar-refractivity contribution is 0.787. The van der Waals surface area contributed by atoms with Gasteiger partial charge in [-0.05, 0) is 18.7 Å². The minimum absolute atomic E-state index is 0.483. The molecule has 0 aliphatic carbocycles. The molecule has 0 aliphatic rings. The second-order valence-electron chi connectivity index (χ2n) is 3.17. The molecule has 0 spiro atoms. The molecule has 0 aromatic carbocycles. The number of aryl methyl sites for hydroxylation is 1. The highest BCUT2D eigenvalue weighted by Gasteiger charge is 2.07. The Morgan fingerprint density at radius 2 is 2.25 bits per heavy atom. The highest BCUT2D eigenvalue weighted by Crippen LogP contribution is 2.17. The summed E-state index contributed by atoms with van der Waals surface area (Å²) in [6, 6.07) is 2.05. The number of aromatic nitrogens is 4. The van der Waals surface area contributed by atoms with Gasteiger partial charge >= 0.3 is 0 Å². The zero-order chi connectivity index (χ0) is 11.5. The summed E-state index contributed by atoms with van der Waals surface area (Å²) in [6.45, 7) is 1.95. The van der Waals surface area contributed by atoms with Crippen LogP contribution in [0.1, 0.15) is 11.1 Å². The molecule has 0 unspecified atom stereocenters. The average Bonchev–Trinajstić information content (AvgIpc) is 2.75. The second kappa shape index (κ2) is 4.33. The van der Waals surface area contributed by atoms with E-state index >= 15 is 0 Å². The van der Waals surface area contributed by atoms with Crippen LogP contribution in [0, 0.1) is 18.3 Å². The predicted molar refractivity (Wildman–Crippen MR) is 60.4 cm³/mol. The third kappa shape index (κ3) is 1.90. The Labute approximate surface area is 97.1 Å². The van der Waals surface area contributed by atoms with Crippen LogP contribution in [0.25, 0.3) is 5.95 Å². The van der Waals surface area contributed by atoms with Crippen molar-refractivity contribution in [2.24, 2.45) is 0 Å². The van der Waals surface area contributed by atoms with Gasteiger partial charge in [0.15, 0.2) is 0 Å². The molecule has 0 radical (unpaired) electrons. The largest absolute Gasteiger partial charge is 0.251 e. The quantitative estimate of drug-likeness (QED) is 0.579. The molecule has 0 fully saturated rings. The van der Waals surface area contributed by atoms with Gasteiger partial charge in [0.1, 0.15) is 16.7 Å². The van der Waals surface area contributed by atoms with E-state index < -0.39 is 0 Å². The zero-order valence-corrected chi connectivity index (χ0v) is 9.69. The Balaban J connectivity index is 2.48. The van der Waals surface area contributed by atoms with E-state index in [9.17, 15) is 0 Å². The van der Waals surface area contributed by atoms with Crippen LogP contribution in [-0.2, 0) is 0 Å². The van der Waals surface area contributed by atoms with E-state index in [1.165, 1.54) is 18.0 Å². The molecule has 2 aromatic rings. The lowest BCUT2D eigenvalue weighted by atomic mass is 10.4. The van der Waals surface area contributed by atoms with Crippen molar-refractivity contribution in [2.45, 2.75) is 11.9 Å². The number of hydrogen-bond acceptors (Lipinski definition) is 5. The SMILES string of the molecule is CSc1nc(-n2cc(C)cn2)ncc1C#N. The molecule has 0 saturated heterocycles. The van der Waals surface area contributed by atoms with Gasteiger partial charge in [0, 0.05) is 6.20 Å². The predicted octanol–water partition coefficient (Wildman–Crippen LogP) is 1.56. The Morgan fingerprint density at radius 3 is 2.81 bits per heavy atom. The van der Waals surface area contributed by atoms with E-state index in [0.29, 0.717) is 16.5 Å². The van der Waals surface area contributed by atoms with Crippen molar-refractivity contribution in [1.82, 2.24) is 19.7 Å². The fourth-order valence-electron chi connectivity index (χ4n) is 1.22. The van der Waals surface area contributed by atoms with E-state index in [1.54, 1.807) is 10.9 Å². The van der Waals surface area contributed by atoms with Crippen LogP contribution in [0.4, 0.5) is 0 Å². The molecule has 16 heavy (non-hydrogen) atoms. The smallest absolute Gasteiger partial charge is 0.218 e. The van der Waals surface area contributed by atoms with Crippen molar-refractivity contribution in [2.75, 3.05) is 6.26 Å². The molecule has 0 saturated carbocycles. The molecule has 0 atom stereocenters. The highest BCUT2D eigenvalue weighted by molar-refractivity contribution is 7.98. The molecule has 0 amide bonds. The van der Waals surface area contributed by atoms with Crippen LogP contribution in [0.2, 0.25) is 0 Å². The summed E-state index contributed by atoms with van der Waals surface area (Å²) in [4.78, 5) is 8.37. The standard InChI is InChI=1S/C10H9N5S/c1-7-4-13-15(6-7)10-12-5-8(3-11)9(14-10)16-2/h4-6H,1-2H3. The normalized spacial score (nSPS) is 10.1. The molecule has 5 nitrogen and oxygen atoms in total. The van der Waals surface area contributed by atoms with Crippen LogP contribution in [-0.4, -0.2) is 26.0 Å². The maximum Gasteiger partial charge on any atom is 0.251 e. The monoisotopic (exact) mass is 231 g/mol. The molecule has 2 heterocycles. The van der Waals surface area contributed by atoms with E-state index in [1.807, 2.05) is 19.4 Å². The van der Waals surface area contributed by atoms with Gasteiger partial charge in [-0.3, -0.25) is 0 Å². The maximum absolute atomic E-state index is 8.85. The summed E-state index contributed by atoms with van der Waals surface area (Å²) in [5.74, 6) is 0.483. The molecule has 2 rings (SSSR count). The summed E-state index contributed by atoms with van der Waals surface area (Å²) in [5, 5.41) is 13.6. The Hall–Kier alpha value is -1.87. The van der Waals surface area contributed by atoms with Gasteiger partial charge in [0.05, 0.1) is 12.4 Å². The van der Waals surface area contributed by atoms with Crippen molar-refractivity contribution in [3.05, 3.63) is 29.7 Å². The molecular formula is C10H9N5S. The zero-order valence-electron chi connectivity index (χ0n) is 8.88. The second-order valence-corrected chi connectivity index (χ2v) is 3.96. The van der Waals surface area contributed by atoms with E-state index in [2.05, 4.69) is 21.1 Å². The first-order chi connectivity index (χ1) is 7.74. The molecule has 0 aliphatic heterocycles. The number of hydrogen-bond donors (Lipinski definition) is 0. The van der Waals surface area contributed by atoms with Crippen LogP contribution >= 0.6 is 11.8 Å². The third-order valence-electron chi connectivity index (χ3n) is 1.97. The maximum atomic E-state index is 8.85. The van der Waals surface area contributed by atoms with Crippen LogP contribution in [0.3, 0.4) is 0 Å². The molecule has 0 bridgehead atoms. The fraction of sp³-hybridized carbons (Fsp3) is 0.200. The van der Waals surface area contributed by atoms with Gasteiger partial charge in [-0.15, -0.1) is 11.8 Å². The average molecular weight is 231 g/mol. The van der Waals surface area contributed by atoms with Crippen LogP contribution in [0.5, 0.6) is 0 Å². The van der Waals surface area contributed by atoms with Crippen molar-refractivity contribution in [3.63, 3.8) is 0 Å². The molecule has 80 valence electrons. The Kier molecular flexibility index (Phi) is 2.88. The number of thioether (sulfide) groups is 1. The lowest BCUT2D eigenvalue weighted by Crippen LogP contribution is -2.03. The Morgan fingerprint density at radius 1 is 1.44 bits per heavy atom. The van der Waals surface area contributed by atoms with Gasteiger partial charge in [0.25, 0.3) is 5.95 Å². The van der Waals surface area contributed by atoms with Crippen molar-refractivity contribution in [3.8, 4) is 12.0 Å². The minimum atomic E-state index is 0.483. The fourth-order valence-corrected chi connectivity index (χ4v) is 1.71. The molecule has 2 aromatic heterocycles. The van der Waals surface area contributed by atoms with Gasteiger partial charge in [-0.1, -0.05) is 0 Å². The summed E-state index contributed by atoms with van der Waals surface area (Å²) >= 11 is 1.42. The van der Waals surface area contributed by atoms with Crippen LogP contribution in [0.15, 0.2) is 23.6 Å². The minimum Gasteiger partial charge on any atom is -0.218 e. The van der Waals surface area contributed by atoms with Crippen molar-refractivity contribution in [1.29, 1.82) is 5.26 Å². The first-order valence-electron chi connectivity index (χ1n) is 4.57. The molecule has 0 N–H and O–H groups in total. The van der Waals surface area contributed by atoms with E-state index in [0.717, 1.165) is 5.56 Å². The molecular weight excluding hydrogens is 222 g/mol. The van der Waals surface area contributed by atoms with E-state index in [4.69, 9.17) is 5.26 Å². The first-order valence-corrected chi connectivity index (χ1v) is 5.80. The lowest BCUT2D eigenvalue weighted by Gasteiger charge is -2.02. The first kappa shape index (κ1) is 10.6. The summed E-state index contributed by atoms with van der Waals surface area (Å²) in [6.07, 6.45) is 6.97. The summed E-state index contributed by atoms with van der Waals surface area (Å²) in [7, 11) is 0. The van der Waals surface area contributed by atoms with E-state index in [-0.39, 0.29) is 0 Å². The Bertz CT molecular complexity index is 555.